The number of carbonyl (C=O) groups is 1. The van der Waals surface area contributed by atoms with Crippen molar-refractivity contribution in [1.82, 2.24) is 5.32 Å². The molecule has 0 aliphatic rings. The van der Waals surface area contributed by atoms with E-state index in [4.69, 9.17) is 5.11 Å². The average Bonchev–Trinajstić information content (AvgIpc) is 3.19. The Morgan fingerprint density at radius 1 is 0.400 bits per heavy atom. The predicted octanol–water partition coefficient (Wildman–Crippen LogP) is 13.6. The first-order valence-corrected chi connectivity index (χ1v) is 24.9. The van der Waals surface area contributed by atoms with Gasteiger partial charge in [-0.05, 0) is 19.3 Å². The molecule has 0 radical (unpaired) electrons. The van der Waals surface area contributed by atoms with Crippen LogP contribution in [-0.4, -0.2) is 57.8 Å². The van der Waals surface area contributed by atoms with Crippen molar-refractivity contribution >= 4 is 5.91 Å². The summed E-state index contributed by atoms with van der Waals surface area (Å²) in [4.78, 5) is 12.4. The van der Waals surface area contributed by atoms with Crippen LogP contribution in [0.5, 0.6) is 0 Å². The molecule has 0 heterocycles. The highest BCUT2D eigenvalue weighted by Crippen LogP contribution is 2.18. The van der Waals surface area contributed by atoms with Crippen LogP contribution in [0.2, 0.25) is 0 Å². The summed E-state index contributed by atoms with van der Waals surface area (Å²) in [6.07, 6.45) is 51.1. The van der Waals surface area contributed by atoms with E-state index < -0.39 is 18.2 Å². The van der Waals surface area contributed by atoms with Gasteiger partial charge in [0.05, 0.1) is 18.8 Å². The summed E-state index contributed by atoms with van der Waals surface area (Å²) in [5, 5.41) is 42.4. The van der Waals surface area contributed by atoms with Crippen molar-refractivity contribution in [2.45, 2.75) is 295 Å². The Balaban J connectivity index is 3.45. The molecule has 0 spiro atoms. The minimum Gasteiger partial charge on any atom is -0.396 e. The van der Waals surface area contributed by atoms with Crippen LogP contribution in [0.3, 0.4) is 0 Å². The summed E-state index contributed by atoms with van der Waals surface area (Å²) in [5.41, 5.74) is 0. The molecule has 6 heteroatoms. The van der Waals surface area contributed by atoms with E-state index in [1.54, 1.807) is 0 Å². The lowest BCUT2D eigenvalue weighted by Crippen LogP contribution is -2.50. The number of amides is 1. The zero-order chi connectivity index (χ0) is 40.1. The number of hydrogen-bond donors (Lipinski definition) is 5. The fourth-order valence-electron chi connectivity index (χ4n) is 8.14. The Hall–Kier alpha value is -0.690. The standard InChI is InChI=1S/C49H99NO5/c1-2-3-4-5-6-7-8-27-30-33-36-39-42-47(53)49(55)46(45-52)50-48(54)43-40-37-34-31-28-25-23-21-19-17-15-13-11-9-10-12-14-16-18-20-22-24-26-29-32-35-38-41-44-51/h46-47,49,51-53,55H,2-45H2,1H3,(H,50,54)/t46-,47?,49+/m1/s1. The topological polar surface area (TPSA) is 110 Å². The third kappa shape index (κ3) is 41.3. The number of nitrogens with one attached hydrogen (secondary N) is 1. The van der Waals surface area contributed by atoms with Gasteiger partial charge in [0.1, 0.15) is 6.10 Å². The van der Waals surface area contributed by atoms with Crippen LogP contribution in [0.25, 0.3) is 0 Å². The van der Waals surface area contributed by atoms with Crippen LogP contribution in [0, 0.1) is 0 Å². The molecule has 1 unspecified atom stereocenters. The molecule has 0 aliphatic carbocycles. The number of aliphatic hydroxyl groups excluding tert-OH is 4. The summed E-state index contributed by atoms with van der Waals surface area (Å²) >= 11 is 0. The Morgan fingerprint density at radius 2 is 0.673 bits per heavy atom. The molecular weight excluding hydrogens is 683 g/mol. The van der Waals surface area contributed by atoms with Crippen LogP contribution in [0.15, 0.2) is 0 Å². The predicted molar refractivity (Wildman–Crippen MR) is 238 cm³/mol. The van der Waals surface area contributed by atoms with Crippen LogP contribution in [0.4, 0.5) is 0 Å². The number of aliphatic hydroxyl groups is 4. The van der Waals surface area contributed by atoms with Gasteiger partial charge in [-0.2, -0.15) is 0 Å². The molecule has 0 aliphatic heterocycles. The molecule has 0 bridgehead atoms. The van der Waals surface area contributed by atoms with E-state index >= 15 is 0 Å². The van der Waals surface area contributed by atoms with Gasteiger partial charge < -0.3 is 25.7 Å². The highest BCUT2D eigenvalue weighted by atomic mass is 16.3. The maximum atomic E-state index is 12.4. The molecule has 0 fully saturated rings. The Bertz CT molecular complexity index is 736. The summed E-state index contributed by atoms with van der Waals surface area (Å²) in [7, 11) is 0. The maximum absolute atomic E-state index is 12.4. The van der Waals surface area contributed by atoms with Crippen molar-refractivity contribution in [3.05, 3.63) is 0 Å². The molecule has 0 aromatic rings. The SMILES string of the molecule is CCCCCCCCCCCCCCC(O)[C@@H](O)[C@@H](CO)NC(=O)CCCCCCCCCCCCCCCCCCCCCCCCCCCCCCO. The van der Waals surface area contributed by atoms with Crippen molar-refractivity contribution in [3.8, 4) is 0 Å². The third-order valence-corrected chi connectivity index (χ3v) is 12.0. The highest BCUT2D eigenvalue weighted by Gasteiger charge is 2.26. The monoisotopic (exact) mass is 782 g/mol. The second kappa shape index (κ2) is 46.0. The van der Waals surface area contributed by atoms with E-state index in [1.807, 2.05) is 0 Å². The van der Waals surface area contributed by atoms with Crippen LogP contribution in [-0.2, 0) is 4.79 Å². The van der Waals surface area contributed by atoms with E-state index in [0.717, 1.165) is 44.9 Å². The second-order valence-electron chi connectivity index (χ2n) is 17.5. The van der Waals surface area contributed by atoms with E-state index in [9.17, 15) is 20.1 Å². The van der Waals surface area contributed by atoms with Gasteiger partial charge in [-0.3, -0.25) is 4.79 Å². The summed E-state index contributed by atoms with van der Waals surface area (Å²) in [6.45, 7) is 2.25. The van der Waals surface area contributed by atoms with Gasteiger partial charge in [-0.1, -0.05) is 251 Å². The van der Waals surface area contributed by atoms with Gasteiger partial charge in [-0.15, -0.1) is 0 Å². The van der Waals surface area contributed by atoms with Gasteiger partial charge in [0.25, 0.3) is 0 Å². The minimum absolute atomic E-state index is 0.142. The van der Waals surface area contributed by atoms with Gasteiger partial charge in [0.2, 0.25) is 5.91 Å². The van der Waals surface area contributed by atoms with Crippen molar-refractivity contribution < 1.29 is 25.2 Å². The van der Waals surface area contributed by atoms with Gasteiger partial charge in [0.15, 0.2) is 0 Å². The second-order valence-corrected chi connectivity index (χ2v) is 17.5. The average molecular weight is 782 g/mol. The lowest BCUT2D eigenvalue weighted by molar-refractivity contribution is -0.124. The molecule has 0 aromatic heterocycles. The molecule has 0 saturated carbocycles. The molecule has 55 heavy (non-hydrogen) atoms. The third-order valence-electron chi connectivity index (χ3n) is 12.0. The van der Waals surface area contributed by atoms with Gasteiger partial charge >= 0.3 is 0 Å². The first-order valence-electron chi connectivity index (χ1n) is 24.9. The smallest absolute Gasteiger partial charge is 0.220 e. The van der Waals surface area contributed by atoms with Gasteiger partial charge in [-0.25, -0.2) is 0 Å². The van der Waals surface area contributed by atoms with E-state index in [2.05, 4.69) is 12.2 Å². The fourth-order valence-corrected chi connectivity index (χ4v) is 8.14. The fraction of sp³-hybridized carbons (Fsp3) is 0.980. The molecule has 6 nitrogen and oxygen atoms in total. The molecule has 330 valence electrons. The first kappa shape index (κ1) is 54.3. The quantitative estimate of drug-likeness (QED) is 0.0395. The largest absolute Gasteiger partial charge is 0.396 e. The lowest BCUT2D eigenvalue weighted by atomic mass is 9.99. The molecular formula is C49H99NO5. The zero-order valence-corrected chi connectivity index (χ0v) is 37.0. The van der Waals surface area contributed by atoms with E-state index in [1.165, 1.54) is 212 Å². The lowest BCUT2D eigenvalue weighted by Gasteiger charge is -2.26. The molecule has 0 rings (SSSR count). The molecule has 0 aromatic carbocycles. The van der Waals surface area contributed by atoms with Crippen molar-refractivity contribution in [1.29, 1.82) is 0 Å². The van der Waals surface area contributed by atoms with Crippen LogP contribution in [0.1, 0.15) is 277 Å². The normalized spacial score (nSPS) is 13.3. The minimum atomic E-state index is -1.13. The van der Waals surface area contributed by atoms with Crippen LogP contribution < -0.4 is 5.32 Å². The molecule has 5 N–H and O–H groups in total. The first-order chi connectivity index (χ1) is 27.1. The summed E-state index contributed by atoms with van der Waals surface area (Å²) < 4.78 is 0. The van der Waals surface area contributed by atoms with Crippen molar-refractivity contribution in [2.24, 2.45) is 0 Å². The van der Waals surface area contributed by atoms with E-state index in [0.29, 0.717) is 19.4 Å². The van der Waals surface area contributed by atoms with Gasteiger partial charge in [0, 0.05) is 13.0 Å². The van der Waals surface area contributed by atoms with Crippen molar-refractivity contribution in [2.75, 3.05) is 13.2 Å². The maximum Gasteiger partial charge on any atom is 0.220 e. The Morgan fingerprint density at radius 3 is 0.964 bits per heavy atom. The summed E-state index contributed by atoms with van der Waals surface area (Å²) in [5.74, 6) is -0.142. The van der Waals surface area contributed by atoms with Crippen LogP contribution >= 0.6 is 0 Å². The number of carbonyl (C=O) groups excluding carboxylic acids is 1. The summed E-state index contributed by atoms with van der Waals surface area (Å²) in [6, 6.07) is -0.806. The Labute approximate surface area is 343 Å². The number of unbranched alkanes of at least 4 members (excludes halogenated alkanes) is 38. The molecule has 3 atom stereocenters. The van der Waals surface area contributed by atoms with E-state index in [-0.39, 0.29) is 12.5 Å². The highest BCUT2D eigenvalue weighted by molar-refractivity contribution is 5.76. The molecule has 1 amide bonds. The Kier molecular flexibility index (Phi) is 45.4. The number of rotatable bonds is 47. The van der Waals surface area contributed by atoms with Crippen molar-refractivity contribution in [3.63, 3.8) is 0 Å². The zero-order valence-electron chi connectivity index (χ0n) is 37.0. The molecule has 0 saturated heterocycles. The number of hydrogen-bond acceptors (Lipinski definition) is 5.